The molecule has 1 fully saturated rings. The van der Waals surface area contributed by atoms with Gasteiger partial charge >= 0.3 is 0 Å². The predicted octanol–water partition coefficient (Wildman–Crippen LogP) is 2.53. The molecule has 0 bridgehead atoms. The van der Waals surface area contributed by atoms with Gasteiger partial charge in [-0.1, -0.05) is 6.92 Å². The number of ether oxygens (including phenoxy) is 2. The molecule has 0 unspecified atom stereocenters. The third-order valence-corrected chi connectivity index (χ3v) is 4.76. The normalized spacial score (nSPS) is 15.1. The second kappa shape index (κ2) is 8.21. The van der Waals surface area contributed by atoms with Crippen LogP contribution in [0.1, 0.15) is 32.6 Å². The van der Waals surface area contributed by atoms with Crippen molar-refractivity contribution in [2.45, 2.75) is 38.6 Å². The zero-order valence-corrected chi connectivity index (χ0v) is 15.6. The molecule has 0 aliphatic carbocycles. The summed E-state index contributed by atoms with van der Waals surface area (Å²) >= 11 is 0. The monoisotopic (exact) mass is 358 g/mol. The predicted molar refractivity (Wildman–Crippen MR) is 101 cm³/mol. The summed E-state index contributed by atoms with van der Waals surface area (Å²) in [5.74, 6) is 2.37. The molecule has 1 aromatic heterocycles. The Morgan fingerprint density at radius 2 is 1.88 bits per heavy atom. The van der Waals surface area contributed by atoms with Crippen molar-refractivity contribution in [3.63, 3.8) is 0 Å². The highest BCUT2D eigenvalue weighted by molar-refractivity contribution is 5.92. The van der Waals surface area contributed by atoms with Gasteiger partial charge in [-0.2, -0.15) is 0 Å². The average Bonchev–Trinajstić information content (AvgIpc) is 2.67. The number of methoxy groups -OCH3 is 2. The van der Waals surface area contributed by atoms with E-state index in [4.69, 9.17) is 9.47 Å². The molecule has 3 rings (SSSR count). The van der Waals surface area contributed by atoms with E-state index in [1.165, 1.54) is 0 Å². The molecule has 1 aromatic carbocycles. The molecule has 7 heteroatoms. The first-order chi connectivity index (χ1) is 12.7. The van der Waals surface area contributed by atoms with Gasteiger partial charge in [-0.3, -0.25) is 4.79 Å². The molecule has 1 amide bonds. The number of hydrogen-bond acceptors (Lipinski definition) is 6. The Labute approximate surface area is 153 Å². The zero-order valence-electron chi connectivity index (χ0n) is 15.6. The summed E-state index contributed by atoms with van der Waals surface area (Å²) < 4.78 is 10.8. The lowest BCUT2D eigenvalue weighted by Crippen LogP contribution is -2.45. The number of carbonyl (C=O) groups excluding carboxylic acids is 1. The maximum atomic E-state index is 11.8. The van der Waals surface area contributed by atoms with E-state index >= 15 is 0 Å². The van der Waals surface area contributed by atoms with Crippen molar-refractivity contribution >= 4 is 22.6 Å². The Morgan fingerprint density at radius 3 is 2.54 bits per heavy atom. The molecule has 1 saturated heterocycles. The summed E-state index contributed by atoms with van der Waals surface area (Å²) in [7, 11) is 3.24. The Morgan fingerprint density at radius 1 is 1.19 bits per heavy atom. The van der Waals surface area contributed by atoms with Gasteiger partial charge in [-0.25, -0.2) is 9.97 Å². The first-order valence-corrected chi connectivity index (χ1v) is 9.07. The minimum atomic E-state index is 0.148. The molecule has 140 valence electrons. The Bertz CT molecular complexity index is 773. The van der Waals surface area contributed by atoms with Gasteiger partial charge in [0, 0.05) is 37.0 Å². The van der Waals surface area contributed by atoms with Crippen LogP contribution in [-0.4, -0.2) is 49.2 Å². The third-order valence-electron chi connectivity index (χ3n) is 4.76. The Hall–Kier alpha value is -2.57. The lowest BCUT2D eigenvalue weighted by Gasteiger charge is -2.33. The number of rotatable bonds is 6. The van der Waals surface area contributed by atoms with E-state index in [1.807, 2.05) is 19.1 Å². The quantitative estimate of drug-likeness (QED) is 0.855. The first kappa shape index (κ1) is 18.2. The fraction of sp³-hybridized carbons (Fsp3) is 0.526. The zero-order chi connectivity index (χ0) is 18.5. The van der Waals surface area contributed by atoms with Crippen LogP contribution in [0.15, 0.2) is 18.5 Å². The van der Waals surface area contributed by atoms with Crippen molar-refractivity contribution in [3.8, 4) is 11.5 Å². The van der Waals surface area contributed by atoms with E-state index in [9.17, 15) is 4.79 Å². The average molecular weight is 358 g/mol. The molecule has 0 radical (unpaired) electrons. The summed E-state index contributed by atoms with van der Waals surface area (Å²) in [5, 5.41) is 4.07. The second-order valence-corrected chi connectivity index (χ2v) is 6.50. The first-order valence-electron chi connectivity index (χ1n) is 9.07. The number of nitrogens with one attached hydrogen (secondary N) is 1. The number of hydrogen-bond donors (Lipinski definition) is 1. The minimum absolute atomic E-state index is 0.148. The van der Waals surface area contributed by atoms with Gasteiger partial charge < -0.3 is 19.7 Å². The van der Waals surface area contributed by atoms with Crippen LogP contribution in [0.2, 0.25) is 0 Å². The molecule has 1 aliphatic heterocycles. The fourth-order valence-electron chi connectivity index (χ4n) is 3.38. The minimum Gasteiger partial charge on any atom is -0.493 e. The van der Waals surface area contributed by atoms with Gasteiger partial charge in [0.2, 0.25) is 5.91 Å². The van der Waals surface area contributed by atoms with Crippen LogP contribution in [0.5, 0.6) is 11.5 Å². The molecular formula is C19H26N4O3. The molecule has 0 atom stereocenters. The number of aromatic nitrogens is 2. The molecule has 0 saturated carbocycles. The van der Waals surface area contributed by atoms with Gasteiger partial charge in [-0.15, -0.1) is 0 Å². The molecule has 26 heavy (non-hydrogen) atoms. The SMILES string of the molecule is CCCC(=O)NC1CCN(c2ncnc3cc(OC)c(OC)cc23)CC1. The smallest absolute Gasteiger partial charge is 0.220 e. The van der Waals surface area contributed by atoms with Gasteiger partial charge in [0.15, 0.2) is 11.5 Å². The van der Waals surface area contributed by atoms with E-state index in [1.54, 1.807) is 20.5 Å². The topological polar surface area (TPSA) is 76.6 Å². The Kier molecular flexibility index (Phi) is 5.75. The number of piperidine rings is 1. The summed E-state index contributed by atoms with van der Waals surface area (Å²) in [6, 6.07) is 4.04. The lowest BCUT2D eigenvalue weighted by molar-refractivity contribution is -0.121. The van der Waals surface area contributed by atoms with E-state index in [0.29, 0.717) is 17.9 Å². The molecule has 2 aromatic rings. The van der Waals surface area contributed by atoms with E-state index in [2.05, 4.69) is 20.2 Å². The third kappa shape index (κ3) is 3.81. The van der Waals surface area contributed by atoms with Crippen LogP contribution >= 0.6 is 0 Å². The van der Waals surface area contributed by atoms with Crippen molar-refractivity contribution in [2.75, 3.05) is 32.2 Å². The number of amides is 1. The van der Waals surface area contributed by atoms with Crippen molar-refractivity contribution in [3.05, 3.63) is 18.5 Å². The number of benzene rings is 1. The van der Waals surface area contributed by atoms with Crippen LogP contribution in [-0.2, 0) is 4.79 Å². The van der Waals surface area contributed by atoms with Gasteiger partial charge in [0.25, 0.3) is 0 Å². The lowest BCUT2D eigenvalue weighted by atomic mass is 10.0. The highest BCUT2D eigenvalue weighted by Gasteiger charge is 2.23. The summed E-state index contributed by atoms with van der Waals surface area (Å²) in [6.07, 6.45) is 4.88. The van der Waals surface area contributed by atoms with Crippen LogP contribution in [0, 0.1) is 0 Å². The van der Waals surface area contributed by atoms with E-state index < -0.39 is 0 Å². The highest BCUT2D eigenvalue weighted by atomic mass is 16.5. The van der Waals surface area contributed by atoms with Crippen molar-refractivity contribution in [1.29, 1.82) is 0 Å². The molecule has 1 aliphatic rings. The van der Waals surface area contributed by atoms with E-state index in [0.717, 1.165) is 49.1 Å². The van der Waals surface area contributed by atoms with Gasteiger partial charge in [-0.05, 0) is 25.3 Å². The number of fused-ring (bicyclic) bond motifs is 1. The van der Waals surface area contributed by atoms with Crippen molar-refractivity contribution in [2.24, 2.45) is 0 Å². The number of carbonyl (C=O) groups is 1. The highest BCUT2D eigenvalue weighted by Crippen LogP contribution is 2.35. The molecule has 7 nitrogen and oxygen atoms in total. The number of anilines is 1. The fourth-order valence-corrected chi connectivity index (χ4v) is 3.38. The van der Waals surface area contributed by atoms with Crippen LogP contribution in [0.25, 0.3) is 10.9 Å². The maximum absolute atomic E-state index is 11.8. The van der Waals surface area contributed by atoms with Crippen LogP contribution < -0.4 is 19.7 Å². The second-order valence-electron chi connectivity index (χ2n) is 6.50. The van der Waals surface area contributed by atoms with Gasteiger partial charge in [0.1, 0.15) is 12.1 Å². The van der Waals surface area contributed by atoms with Crippen molar-refractivity contribution in [1.82, 2.24) is 15.3 Å². The molecule has 0 spiro atoms. The summed E-state index contributed by atoms with van der Waals surface area (Å²) in [5.41, 5.74) is 0.825. The maximum Gasteiger partial charge on any atom is 0.220 e. The van der Waals surface area contributed by atoms with Gasteiger partial charge in [0.05, 0.1) is 19.7 Å². The largest absolute Gasteiger partial charge is 0.493 e. The number of nitrogens with zero attached hydrogens (tertiary/aromatic N) is 3. The van der Waals surface area contributed by atoms with Crippen LogP contribution in [0.3, 0.4) is 0 Å². The van der Waals surface area contributed by atoms with E-state index in [-0.39, 0.29) is 11.9 Å². The molecular weight excluding hydrogens is 332 g/mol. The van der Waals surface area contributed by atoms with Crippen molar-refractivity contribution < 1.29 is 14.3 Å². The summed E-state index contributed by atoms with van der Waals surface area (Å²) in [4.78, 5) is 22.9. The Balaban J connectivity index is 1.78. The molecule has 1 N–H and O–H groups in total. The molecule has 2 heterocycles. The standard InChI is InChI=1S/C19H26N4O3/c1-4-5-18(24)22-13-6-8-23(9-7-13)19-14-10-16(25-2)17(26-3)11-15(14)20-12-21-19/h10-13H,4-9H2,1-3H3,(H,22,24). The summed E-state index contributed by atoms with van der Waals surface area (Å²) in [6.45, 7) is 3.71. The van der Waals surface area contributed by atoms with Crippen LogP contribution in [0.4, 0.5) is 5.82 Å².